The molecule has 4 aromatic heterocycles. The third kappa shape index (κ3) is 5.49. The molecule has 0 aliphatic carbocycles. The van der Waals surface area contributed by atoms with Gasteiger partial charge in [0.05, 0.1) is 0 Å². The Balaban J connectivity index is 1.58. The molecule has 0 aliphatic rings. The predicted octanol–water partition coefficient (Wildman–Crippen LogP) is 9.85. The van der Waals surface area contributed by atoms with Crippen molar-refractivity contribution in [3.05, 3.63) is 131 Å². The molecular formula is C40H40N6Pt. The Hall–Kier alpha value is -4.54. The third-order valence-corrected chi connectivity index (χ3v) is 10.2. The molecule has 47 heavy (non-hydrogen) atoms. The van der Waals surface area contributed by atoms with Gasteiger partial charge in [0, 0.05) is 12.4 Å². The Labute approximate surface area is 287 Å². The molecule has 0 fully saturated rings. The first-order valence-electron chi connectivity index (χ1n) is 16.0. The van der Waals surface area contributed by atoms with Gasteiger partial charge in [-0.25, -0.2) is 0 Å². The van der Waals surface area contributed by atoms with E-state index < -0.39 is 0 Å². The summed E-state index contributed by atoms with van der Waals surface area (Å²) in [6.07, 6.45) is 9.88. The summed E-state index contributed by atoms with van der Waals surface area (Å²) in [4.78, 5) is 11.8. The van der Waals surface area contributed by atoms with E-state index in [1.165, 1.54) is 22.2 Å². The molecule has 7 heteroatoms. The number of para-hydroxylation sites is 1. The van der Waals surface area contributed by atoms with Gasteiger partial charge < -0.3 is 0 Å². The van der Waals surface area contributed by atoms with Crippen LogP contribution in [0.1, 0.15) is 52.7 Å². The summed E-state index contributed by atoms with van der Waals surface area (Å²) in [5.41, 5.74) is 9.02. The van der Waals surface area contributed by atoms with Crippen molar-refractivity contribution >= 4 is 38.9 Å². The van der Waals surface area contributed by atoms with Crippen LogP contribution in [0.25, 0.3) is 33.3 Å². The number of anilines is 3. The maximum atomic E-state index is 4.78. The molecule has 0 amide bonds. The van der Waals surface area contributed by atoms with E-state index in [4.69, 9.17) is 4.98 Å². The van der Waals surface area contributed by atoms with Crippen molar-refractivity contribution in [2.24, 2.45) is 7.05 Å². The molecule has 0 saturated heterocycles. The Morgan fingerprint density at radius 1 is 0.681 bits per heavy atom. The first-order valence-corrected chi connectivity index (χ1v) is 17.1. The number of pyridine rings is 2. The van der Waals surface area contributed by atoms with Crippen molar-refractivity contribution in [2.45, 2.75) is 52.4 Å². The van der Waals surface area contributed by atoms with Crippen LogP contribution < -0.4 is 4.90 Å². The Kier molecular flexibility index (Phi) is 7.68. The van der Waals surface area contributed by atoms with Gasteiger partial charge >= 0.3 is 259 Å². The average Bonchev–Trinajstić information content (AvgIpc) is 3.56. The van der Waals surface area contributed by atoms with Crippen LogP contribution in [0, 0.1) is 3.80 Å². The van der Waals surface area contributed by atoms with Crippen molar-refractivity contribution in [3.8, 4) is 11.5 Å². The van der Waals surface area contributed by atoms with E-state index in [2.05, 4.69) is 177 Å². The number of aromatic nitrogens is 5. The van der Waals surface area contributed by atoms with Gasteiger partial charge in [-0.1, -0.05) is 6.07 Å². The van der Waals surface area contributed by atoms with Gasteiger partial charge in [-0.15, -0.1) is 0 Å². The van der Waals surface area contributed by atoms with E-state index in [0.717, 1.165) is 43.1 Å². The van der Waals surface area contributed by atoms with Gasteiger partial charge in [0.1, 0.15) is 0 Å². The van der Waals surface area contributed by atoms with Crippen LogP contribution in [0.4, 0.5) is 17.1 Å². The minimum atomic E-state index is -0.102. The normalized spacial score (nSPS) is 12.3. The number of hydrogen-bond acceptors (Lipinski definition) is 3. The summed E-state index contributed by atoms with van der Waals surface area (Å²) in [5.74, 6) is 0.867. The van der Waals surface area contributed by atoms with Crippen LogP contribution in [-0.4, -0.2) is 23.7 Å². The Bertz CT molecular complexity index is 2280. The van der Waals surface area contributed by atoms with Gasteiger partial charge in [0.2, 0.25) is 0 Å². The summed E-state index contributed by atoms with van der Waals surface area (Å²) in [6.45, 7) is 13.9. The number of fused-ring (bicyclic) bond motifs is 3. The standard InChI is InChI=1S/C40H40N6.Pt/c1-39(2,3)33-14-11-15-34(40(4,5)6)38(33)45(29-13-10-12-28(24-29)44-23-22-43(7)27-44)30-17-18-31-32-19-21-41-26-36(32)46(35(31)25-30)37-16-8-9-20-42-37;/h8-26H,1-7H3;. The fourth-order valence-corrected chi connectivity index (χ4v) is 7.18. The second-order valence-corrected chi connectivity index (χ2v) is 15.2. The molecule has 7 aromatic rings. The van der Waals surface area contributed by atoms with Gasteiger partial charge in [0.25, 0.3) is 0 Å². The van der Waals surface area contributed by atoms with Gasteiger partial charge in [-0.2, -0.15) is 0 Å². The molecule has 0 radical (unpaired) electrons. The number of aryl methyl sites for hydroxylation is 1. The fourth-order valence-electron chi connectivity index (χ4n) is 6.55. The van der Waals surface area contributed by atoms with Crippen LogP contribution >= 0.6 is 0 Å². The molecule has 3 aromatic carbocycles. The average molecular weight is 800 g/mol. The third-order valence-electron chi connectivity index (χ3n) is 8.82. The molecule has 0 saturated carbocycles. The molecule has 4 heterocycles. The number of imidazole rings is 1. The number of hydrogen-bond donors (Lipinski definition) is 0. The Morgan fingerprint density at radius 3 is 2.04 bits per heavy atom. The van der Waals surface area contributed by atoms with Crippen LogP contribution in [0.2, 0.25) is 0 Å². The zero-order valence-corrected chi connectivity index (χ0v) is 30.2. The van der Waals surface area contributed by atoms with E-state index in [1.807, 2.05) is 30.7 Å². The monoisotopic (exact) mass is 799 g/mol. The summed E-state index contributed by atoms with van der Waals surface area (Å²) < 4.78 is 7.74. The van der Waals surface area contributed by atoms with Crippen molar-refractivity contribution < 1.29 is 19.4 Å². The van der Waals surface area contributed by atoms with Crippen molar-refractivity contribution in [2.75, 3.05) is 4.90 Å². The van der Waals surface area contributed by atoms with E-state index in [1.54, 1.807) is 0 Å². The topological polar surface area (TPSA) is 43.8 Å². The zero-order valence-electron chi connectivity index (χ0n) is 28.0. The van der Waals surface area contributed by atoms with Crippen LogP contribution in [0.3, 0.4) is 0 Å². The van der Waals surface area contributed by atoms with E-state index in [-0.39, 0.29) is 10.8 Å². The van der Waals surface area contributed by atoms with Crippen molar-refractivity contribution in [1.29, 1.82) is 0 Å². The first kappa shape index (κ1) is 31.1. The minimum absolute atomic E-state index is 0.102. The fraction of sp³-hybridized carbons (Fsp3) is 0.225. The van der Waals surface area contributed by atoms with E-state index in [0.29, 0.717) is 0 Å². The SMILES string of the molecule is Cn1ccn(-c2cccc(N(c3ccc4c5ccncc5n(-c5ccccn5)c4c3)c3c(C(C)(C)C)cccc3C(C)(C)C)c2)[c]1=[Pt]. The molecule has 0 aliphatic heterocycles. The molecule has 0 spiro atoms. The predicted molar refractivity (Wildman–Crippen MR) is 190 cm³/mol. The molecule has 0 unspecified atom stereocenters. The molecular weight excluding hydrogens is 760 g/mol. The van der Waals surface area contributed by atoms with Gasteiger partial charge in [-0.05, 0) is 6.07 Å². The molecule has 240 valence electrons. The zero-order chi connectivity index (χ0) is 33.1. The summed E-state index contributed by atoms with van der Waals surface area (Å²) in [7, 11) is 2.08. The maximum absolute atomic E-state index is 4.78. The molecule has 6 nitrogen and oxygen atoms in total. The summed E-state index contributed by atoms with van der Waals surface area (Å²) in [5, 5.41) is 2.32. The van der Waals surface area contributed by atoms with E-state index >= 15 is 0 Å². The molecule has 0 bridgehead atoms. The van der Waals surface area contributed by atoms with Gasteiger partial charge in [0.15, 0.2) is 0 Å². The van der Waals surface area contributed by atoms with E-state index in [9.17, 15) is 0 Å². The first-order chi connectivity index (χ1) is 22.4. The van der Waals surface area contributed by atoms with Crippen LogP contribution in [-0.2, 0) is 37.2 Å². The van der Waals surface area contributed by atoms with Crippen LogP contribution in [0.5, 0.6) is 0 Å². The molecule has 7 rings (SSSR count). The van der Waals surface area contributed by atoms with Crippen molar-refractivity contribution in [1.82, 2.24) is 23.7 Å². The summed E-state index contributed by atoms with van der Waals surface area (Å²) in [6, 6.07) is 30.7. The number of rotatable bonds is 5. The summed E-state index contributed by atoms with van der Waals surface area (Å²) >= 11 is 2.39. The number of nitrogens with zero attached hydrogens (tertiary/aromatic N) is 6. The van der Waals surface area contributed by atoms with Gasteiger partial charge in [-0.3, -0.25) is 4.98 Å². The second-order valence-electron chi connectivity index (χ2n) is 14.2. The quantitative estimate of drug-likeness (QED) is 0.174. The molecule has 0 N–H and O–H groups in total. The Morgan fingerprint density at radius 2 is 1.38 bits per heavy atom. The van der Waals surface area contributed by atoms with Crippen LogP contribution in [0.15, 0.2) is 116 Å². The second kappa shape index (κ2) is 11.6. The molecule has 0 atom stereocenters. The number of benzene rings is 3. The van der Waals surface area contributed by atoms with Crippen molar-refractivity contribution in [3.63, 3.8) is 0 Å².